The molecule has 4 aromatic rings. The number of azide groups is 1. The summed E-state index contributed by atoms with van der Waals surface area (Å²) < 4.78 is 5.44. The third-order valence-corrected chi connectivity index (χ3v) is 5.74. The quantitative estimate of drug-likeness (QED) is 0.202. The van der Waals surface area contributed by atoms with Crippen LogP contribution in [0.5, 0.6) is 5.88 Å². The highest BCUT2D eigenvalue weighted by atomic mass is 32.1. The Morgan fingerprint density at radius 2 is 2.03 bits per heavy atom. The van der Waals surface area contributed by atoms with Crippen LogP contribution in [0.1, 0.15) is 24.9 Å². The molecule has 0 radical (unpaired) electrons. The minimum atomic E-state index is -0.161. The molecule has 0 N–H and O–H groups in total. The maximum atomic E-state index is 8.78. The number of thiophene rings is 1. The fourth-order valence-corrected chi connectivity index (χ4v) is 4.13. The standard InChI is InChI=1S/C22H19N5OS/c1-3-18(26-27-23)14-6-8-15(9-7-14)21-17(20-5-4-12-29-20)13-16-19(25-21)10-11-24-22(16)28-2/h4-13,18H,3H2,1-2H3. The van der Waals surface area contributed by atoms with Gasteiger partial charge in [-0.05, 0) is 41.1 Å². The molecule has 7 heteroatoms. The third-order valence-electron chi connectivity index (χ3n) is 4.83. The van der Waals surface area contributed by atoms with Gasteiger partial charge in [-0.3, -0.25) is 0 Å². The van der Waals surface area contributed by atoms with Gasteiger partial charge in [0.2, 0.25) is 5.88 Å². The second-order valence-electron chi connectivity index (χ2n) is 6.50. The molecule has 0 amide bonds. The van der Waals surface area contributed by atoms with Gasteiger partial charge >= 0.3 is 0 Å². The van der Waals surface area contributed by atoms with Crippen molar-refractivity contribution in [3.63, 3.8) is 0 Å². The number of hydrogen-bond acceptors (Lipinski definition) is 5. The molecule has 0 bridgehead atoms. The Labute approximate surface area is 172 Å². The van der Waals surface area contributed by atoms with E-state index in [1.807, 2.05) is 43.3 Å². The lowest BCUT2D eigenvalue weighted by Crippen LogP contribution is -1.96. The number of fused-ring (bicyclic) bond motifs is 1. The molecule has 3 heterocycles. The minimum Gasteiger partial charge on any atom is -0.481 e. The molecule has 4 rings (SSSR count). The summed E-state index contributed by atoms with van der Waals surface area (Å²) in [4.78, 5) is 13.3. The molecule has 0 saturated heterocycles. The van der Waals surface area contributed by atoms with E-state index in [0.29, 0.717) is 5.88 Å². The molecule has 144 valence electrons. The highest BCUT2D eigenvalue weighted by Crippen LogP contribution is 2.38. The van der Waals surface area contributed by atoms with E-state index in [-0.39, 0.29) is 6.04 Å². The van der Waals surface area contributed by atoms with Gasteiger partial charge in [-0.25, -0.2) is 9.97 Å². The zero-order valence-electron chi connectivity index (χ0n) is 16.1. The van der Waals surface area contributed by atoms with E-state index in [0.717, 1.165) is 44.6 Å². The first kappa shape index (κ1) is 18.9. The predicted octanol–water partition coefficient (Wildman–Crippen LogP) is 6.80. The average molecular weight is 401 g/mol. The molecule has 29 heavy (non-hydrogen) atoms. The fraction of sp³-hybridized carbons (Fsp3) is 0.182. The lowest BCUT2D eigenvalue weighted by molar-refractivity contribution is 0.403. The van der Waals surface area contributed by atoms with E-state index in [2.05, 4.69) is 32.5 Å². The number of nitrogens with zero attached hydrogens (tertiary/aromatic N) is 5. The lowest BCUT2D eigenvalue weighted by Gasteiger charge is -2.13. The monoisotopic (exact) mass is 401 g/mol. The van der Waals surface area contributed by atoms with Crippen molar-refractivity contribution in [1.82, 2.24) is 9.97 Å². The molecular weight excluding hydrogens is 382 g/mol. The molecular formula is C22H19N5OS. The molecule has 0 fully saturated rings. The van der Waals surface area contributed by atoms with Crippen molar-refractivity contribution < 1.29 is 4.74 Å². The van der Waals surface area contributed by atoms with Gasteiger partial charge in [0.25, 0.3) is 0 Å². The summed E-state index contributed by atoms with van der Waals surface area (Å²) in [7, 11) is 1.62. The number of hydrogen-bond donors (Lipinski definition) is 0. The summed E-state index contributed by atoms with van der Waals surface area (Å²) in [5, 5.41) is 6.82. The van der Waals surface area contributed by atoms with E-state index in [1.54, 1.807) is 24.6 Å². The molecule has 1 aromatic carbocycles. The predicted molar refractivity (Wildman–Crippen MR) is 117 cm³/mol. The van der Waals surface area contributed by atoms with Crippen LogP contribution in [-0.2, 0) is 0 Å². The van der Waals surface area contributed by atoms with Gasteiger partial charge in [0.1, 0.15) is 0 Å². The zero-order chi connectivity index (χ0) is 20.2. The smallest absolute Gasteiger partial charge is 0.222 e. The normalized spacial score (nSPS) is 11.8. The first-order valence-electron chi connectivity index (χ1n) is 9.27. The molecule has 0 aliphatic rings. The number of pyridine rings is 2. The van der Waals surface area contributed by atoms with E-state index in [4.69, 9.17) is 15.3 Å². The molecule has 0 aliphatic heterocycles. The van der Waals surface area contributed by atoms with Gasteiger partial charge in [-0.15, -0.1) is 11.3 Å². The van der Waals surface area contributed by atoms with Crippen molar-refractivity contribution in [3.8, 4) is 27.6 Å². The van der Waals surface area contributed by atoms with Crippen LogP contribution < -0.4 is 4.74 Å². The van der Waals surface area contributed by atoms with Gasteiger partial charge in [0, 0.05) is 27.1 Å². The van der Waals surface area contributed by atoms with E-state index >= 15 is 0 Å². The van der Waals surface area contributed by atoms with E-state index in [9.17, 15) is 0 Å². The zero-order valence-corrected chi connectivity index (χ0v) is 16.9. The van der Waals surface area contributed by atoms with Crippen molar-refractivity contribution >= 4 is 22.2 Å². The molecule has 1 unspecified atom stereocenters. The maximum absolute atomic E-state index is 8.78. The highest BCUT2D eigenvalue weighted by molar-refractivity contribution is 7.13. The molecule has 0 saturated carbocycles. The number of rotatable bonds is 6. The SMILES string of the molecule is CCC(N=[N+]=[N-])c1ccc(-c2nc3ccnc(OC)c3cc2-c2cccs2)cc1. The van der Waals surface area contributed by atoms with Crippen LogP contribution >= 0.6 is 11.3 Å². The topological polar surface area (TPSA) is 83.8 Å². The first-order valence-corrected chi connectivity index (χ1v) is 10.1. The number of ether oxygens (including phenoxy) is 1. The van der Waals surface area contributed by atoms with Crippen LogP contribution in [0, 0.1) is 0 Å². The van der Waals surface area contributed by atoms with Crippen molar-refractivity contribution in [2.75, 3.05) is 7.11 Å². The van der Waals surface area contributed by atoms with Gasteiger partial charge in [0.05, 0.1) is 29.7 Å². The number of benzene rings is 1. The van der Waals surface area contributed by atoms with E-state index < -0.39 is 0 Å². The van der Waals surface area contributed by atoms with E-state index in [1.165, 1.54) is 0 Å². The maximum Gasteiger partial charge on any atom is 0.222 e. The Hall–Kier alpha value is -3.41. The Bertz CT molecular complexity index is 1180. The Balaban J connectivity index is 1.88. The largest absolute Gasteiger partial charge is 0.481 e. The highest BCUT2D eigenvalue weighted by Gasteiger charge is 2.15. The van der Waals surface area contributed by atoms with Crippen LogP contribution in [0.4, 0.5) is 0 Å². The summed E-state index contributed by atoms with van der Waals surface area (Å²) in [6, 6.07) is 16.0. The van der Waals surface area contributed by atoms with Gasteiger partial charge in [0.15, 0.2) is 0 Å². The summed E-state index contributed by atoms with van der Waals surface area (Å²) in [6.07, 6.45) is 2.46. The molecule has 3 aromatic heterocycles. The summed E-state index contributed by atoms with van der Waals surface area (Å²) in [5.74, 6) is 0.565. The Morgan fingerprint density at radius 3 is 2.69 bits per heavy atom. The third kappa shape index (κ3) is 3.66. The minimum absolute atomic E-state index is 0.161. The van der Waals surface area contributed by atoms with Gasteiger partial charge in [-0.1, -0.05) is 42.4 Å². The van der Waals surface area contributed by atoms with Crippen molar-refractivity contribution in [2.24, 2.45) is 5.11 Å². The van der Waals surface area contributed by atoms with Crippen molar-refractivity contribution in [3.05, 3.63) is 76.1 Å². The molecule has 6 nitrogen and oxygen atoms in total. The molecule has 1 atom stereocenters. The van der Waals surface area contributed by atoms with Crippen LogP contribution in [0.2, 0.25) is 0 Å². The Morgan fingerprint density at radius 1 is 1.21 bits per heavy atom. The summed E-state index contributed by atoms with van der Waals surface area (Å²) in [5.41, 5.74) is 13.6. The van der Waals surface area contributed by atoms with Crippen molar-refractivity contribution in [1.29, 1.82) is 0 Å². The van der Waals surface area contributed by atoms with Crippen LogP contribution in [-0.4, -0.2) is 17.1 Å². The second-order valence-corrected chi connectivity index (χ2v) is 7.45. The van der Waals surface area contributed by atoms with Crippen LogP contribution in [0.25, 0.3) is 43.0 Å². The van der Waals surface area contributed by atoms with Gasteiger partial charge < -0.3 is 4.74 Å². The fourth-order valence-electron chi connectivity index (χ4n) is 3.38. The summed E-state index contributed by atoms with van der Waals surface area (Å²) in [6.45, 7) is 2.01. The van der Waals surface area contributed by atoms with Crippen molar-refractivity contribution in [2.45, 2.75) is 19.4 Å². The summed E-state index contributed by atoms with van der Waals surface area (Å²) >= 11 is 1.67. The van der Waals surface area contributed by atoms with Crippen LogP contribution in [0.15, 0.2) is 65.2 Å². The second kappa shape index (κ2) is 8.31. The average Bonchev–Trinajstić information content (AvgIpc) is 3.31. The molecule has 0 spiro atoms. The number of methoxy groups -OCH3 is 1. The van der Waals surface area contributed by atoms with Crippen LogP contribution in [0.3, 0.4) is 0 Å². The first-order chi connectivity index (χ1) is 14.2. The Kier molecular flexibility index (Phi) is 5.42. The number of aromatic nitrogens is 2. The lowest BCUT2D eigenvalue weighted by atomic mass is 9.99. The van der Waals surface area contributed by atoms with Gasteiger partial charge in [-0.2, -0.15) is 0 Å². The molecule has 0 aliphatic carbocycles.